The summed E-state index contributed by atoms with van der Waals surface area (Å²) in [6.07, 6.45) is 0. The molecule has 0 saturated carbocycles. The molecule has 0 bridgehead atoms. The molecule has 0 aliphatic carbocycles. The van der Waals surface area contributed by atoms with E-state index >= 15 is 0 Å². The Morgan fingerprint density at radius 1 is 1.39 bits per heavy atom. The van der Waals surface area contributed by atoms with Gasteiger partial charge in [0.15, 0.2) is 11.6 Å². The summed E-state index contributed by atoms with van der Waals surface area (Å²) >= 11 is 0. The molecule has 0 fully saturated rings. The molecular formula is C12H18ClFN2O2. The number of carbonyl (C=O) groups excluding carboxylic acids is 1. The van der Waals surface area contributed by atoms with Crippen molar-refractivity contribution in [1.29, 1.82) is 0 Å². The zero-order valence-electron chi connectivity index (χ0n) is 10.5. The zero-order chi connectivity index (χ0) is 12.7. The van der Waals surface area contributed by atoms with Gasteiger partial charge in [-0.1, -0.05) is 6.07 Å². The molecule has 0 radical (unpaired) electrons. The zero-order valence-corrected chi connectivity index (χ0v) is 11.3. The minimum Gasteiger partial charge on any atom is -0.490 e. The van der Waals surface area contributed by atoms with Crippen LogP contribution >= 0.6 is 12.4 Å². The molecule has 1 aromatic carbocycles. The monoisotopic (exact) mass is 276 g/mol. The van der Waals surface area contributed by atoms with Crippen LogP contribution in [-0.2, 0) is 0 Å². The van der Waals surface area contributed by atoms with Gasteiger partial charge in [-0.25, -0.2) is 4.39 Å². The van der Waals surface area contributed by atoms with Crippen molar-refractivity contribution in [2.45, 2.75) is 6.92 Å². The van der Waals surface area contributed by atoms with E-state index in [1.165, 1.54) is 12.1 Å². The van der Waals surface area contributed by atoms with E-state index in [-0.39, 0.29) is 29.6 Å². The van der Waals surface area contributed by atoms with Crippen molar-refractivity contribution >= 4 is 18.3 Å². The van der Waals surface area contributed by atoms with Gasteiger partial charge in [0.2, 0.25) is 0 Å². The lowest BCUT2D eigenvalue weighted by molar-refractivity contribution is 0.0949. The molecule has 1 amide bonds. The molecule has 1 rings (SSSR count). The highest BCUT2D eigenvalue weighted by Crippen LogP contribution is 2.22. The van der Waals surface area contributed by atoms with Crippen LogP contribution in [0.1, 0.15) is 17.3 Å². The lowest BCUT2D eigenvalue weighted by atomic mass is 10.2. The predicted octanol–water partition coefficient (Wildman–Crippen LogP) is 1.60. The maximum atomic E-state index is 13.5. The standard InChI is InChI=1S/C12H17FN2O2.ClH/c1-3-17-11-9(5-4-6-10(11)13)12(16)15-8-7-14-2;/h4-6,14H,3,7-8H2,1-2H3,(H,15,16);1H. The normalized spacial score (nSPS) is 9.50. The number of hydrogen-bond acceptors (Lipinski definition) is 3. The lowest BCUT2D eigenvalue weighted by Gasteiger charge is -2.11. The Bertz CT molecular complexity index is 388. The first-order chi connectivity index (χ1) is 8.20. The van der Waals surface area contributed by atoms with Crippen molar-refractivity contribution in [3.8, 4) is 5.75 Å². The first-order valence-corrected chi connectivity index (χ1v) is 5.54. The van der Waals surface area contributed by atoms with Crippen molar-refractivity contribution in [1.82, 2.24) is 10.6 Å². The maximum Gasteiger partial charge on any atom is 0.255 e. The number of ether oxygens (including phenoxy) is 1. The topological polar surface area (TPSA) is 50.4 Å². The van der Waals surface area contributed by atoms with Gasteiger partial charge in [-0.2, -0.15) is 0 Å². The molecule has 0 aliphatic heterocycles. The van der Waals surface area contributed by atoms with E-state index in [9.17, 15) is 9.18 Å². The molecule has 102 valence electrons. The number of carbonyl (C=O) groups is 1. The van der Waals surface area contributed by atoms with Gasteiger partial charge in [0, 0.05) is 13.1 Å². The fourth-order valence-electron chi connectivity index (χ4n) is 1.37. The van der Waals surface area contributed by atoms with Crippen LogP contribution in [0.4, 0.5) is 4.39 Å². The molecule has 2 N–H and O–H groups in total. The number of benzene rings is 1. The van der Waals surface area contributed by atoms with Gasteiger partial charge < -0.3 is 15.4 Å². The summed E-state index contributed by atoms with van der Waals surface area (Å²) in [7, 11) is 1.79. The molecule has 0 aromatic heterocycles. The van der Waals surface area contributed by atoms with Crippen LogP contribution in [0, 0.1) is 5.82 Å². The third-order valence-electron chi connectivity index (χ3n) is 2.16. The van der Waals surface area contributed by atoms with Crippen molar-refractivity contribution in [2.75, 3.05) is 26.7 Å². The third-order valence-corrected chi connectivity index (χ3v) is 2.16. The highest BCUT2D eigenvalue weighted by atomic mass is 35.5. The molecular weight excluding hydrogens is 259 g/mol. The second kappa shape index (κ2) is 8.72. The summed E-state index contributed by atoms with van der Waals surface area (Å²) in [5.41, 5.74) is 0.225. The van der Waals surface area contributed by atoms with Gasteiger partial charge in [-0.3, -0.25) is 4.79 Å². The predicted molar refractivity (Wildman–Crippen MR) is 71.1 cm³/mol. The van der Waals surface area contributed by atoms with Crippen LogP contribution in [0.3, 0.4) is 0 Å². The van der Waals surface area contributed by atoms with Crippen molar-refractivity contribution < 1.29 is 13.9 Å². The van der Waals surface area contributed by atoms with E-state index in [1.54, 1.807) is 20.0 Å². The second-order valence-corrected chi connectivity index (χ2v) is 3.41. The van der Waals surface area contributed by atoms with E-state index in [0.717, 1.165) is 0 Å². The van der Waals surface area contributed by atoms with Gasteiger partial charge >= 0.3 is 0 Å². The number of amides is 1. The number of rotatable bonds is 6. The number of hydrogen-bond donors (Lipinski definition) is 2. The van der Waals surface area contributed by atoms with Gasteiger partial charge in [-0.15, -0.1) is 12.4 Å². The Morgan fingerprint density at radius 3 is 2.72 bits per heavy atom. The van der Waals surface area contributed by atoms with E-state index in [1.807, 2.05) is 0 Å². The van der Waals surface area contributed by atoms with E-state index in [2.05, 4.69) is 10.6 Å². The summed E-state index contributed by atoms with van der Waals surface area (Å²) in [6, 6.07) is 4.31. The fraction of sp³-hybridized carbons (Fsp3) is 0.417. The van der Waals surface area contributed by atoms with Crippen molar-refractivity contribution in [3.05, 3.63) is 29.6 Å². The van der Waals surface area contributed by atoms with Crippen LogP contribution in [0.25, 0.3) is 0 Å². The average Bonchev–Trinajstić information content (AvgIpc) is 2.32. The highest BCUT2D eigenvalue weighted by Gasteiger charge is 2.15. The first-order valence-electron chi connectivity index (χ1n) is 5.54. The fourth-order valence-corrected chi connectivity index (χ4v) is 1.37. The first kappa shape index (κ1) is 16.7. The second-order valence-electron chi connectivity index (χ2n) is 3.41. The lowest BCUT2D eigenvalue weighted by Crippen LogP contribution is -2.30. The smallest absolute Gasteiger partial charge is 0.255 e. The van der Waals surface area contributed by atoms with Gasteiger partial charge in [0.1, 0.15) is 0 Å². The summed E-state index contributed by atoms with van der Waals surface area (Å²) < 4.78 is 18.6. The van der Waals surface area contributed by atoms with Crippen LogP contribution in [0.2, 0.25) is 0 Å². The largest absolute Gasteiger partial charge is 0.490 e. The Hall–Kier alpha value is -1.33. The van der Waals surface area contributed by atoms with Crippen LogP contribution in [0.15, 0.2) is 18.2 Å². The van der Waals surface area contributed by atoms with E-state index in [4.69, 9.17) is 4.74 Å². The maximum absolute atomic E-state index is 13.5. The minimum atomic E-state index is -0.520. The molecule has 0 heterocycles. The van der Waals surface area contributed by atoms with Gasteiger partial charge in [0.25, 0.3) is 5.91 Å². The summed E-state index contributed by atoms with van der Waals surface area (Å²) in [4.78, 5) is 11.8. The quantitative estimate of drug-likeness (QED) is 0.776. The molecule has 4 nitrogen and oxygen atoms in total. The molecule has 0 spiro atoms. The molecule has 0 aliphatic rings. The number of para-hydroxylation sites is 1. The number of nitrogens with one attached hydrogen (secondary N) is 2. The van der Waals surface area contributed by atoms with Gasteiger partial charge in [-0.05, 0) is 26.1 Å². The minimum absolute atomic E-state index is 0. The van der Waals surface area contributed by atoms with Crippen LogP contribution in [0.5, 0.6) is 5.75 Å². The van der Waals surface area contributed by atoms with Crippen molar-refractivity contribution in [3.63, 3.8) is 0 Å². The number of likely N-dealkylation sites (N-methyl/N-ethyl adjacent to an activating group) is 1. The van der Waals surface area contributed by atoms with Gasteiger partial charge in [0.05, 0.1) is 12.2 Å². The third kappa shape index (κ3) is 4.50. The highest BCUT2D eigenvalue weighted by molar-refractivity contribution is 5.96. The Balaban J connectivity index is 0.00000289. The summed E-state index contributed by atoms with van der Waals surface area (Å²) in [5.74, 6) is -0.840. The molecule has 0 atom stereocenters. The molecule has 6 heteroatoms. The summed E-state index contributed by atoms with van der Waals surface area (Å²) in [6.45, 7) is 3.20. The van der Waals surface area contributed by atoms with E-state index in [0.29, 0.717) is 19.7 Å². The van der Waals surface area contributed by atoms with Crippen LogP contribution in [-0.4, -0.2) is 32.7 Å². The van der Waals surface area contributed by atoms with E-state index < -0.39 is 5.82 Å². The Labute approximate surface area is 112 Å². The van der Waals surface area contributed by atoms with Crippen molar-refractivity contribution in [2.24, 2.45) is 0 Å². The molecule has 0 saturated heterocycles. The molecule has 1 aromatic rings. The molecule has 0 unspecified atom stereocenters. The number of halogens is 2. The SMILES string of the molecule is CCOc1c(F)cccc1C(=O)NCCNC.Cl. The average molecular weight is 277 g/mol. The Morgan fingerprint density at radius 2 is 2.11 bits per heavy atom. The summed E-state index contributed by atoms with van der Waals surface area (Å²) in [5, 5.41) is 5.58. The Kier molecular flexibility index (Phi) is 8.07. The van der Waals surface area contributed by atoms with Crippen LogP contribution < -0.4 is 15.4 Å². The molecule has 18 heavy (non-hydrogen) atoms.